The fourth-order valence-electron chi connectivity index (χ4n) is 1.43. The Hall–Kier alpha value is -1.35. The van der Waals surface area contributed by atoms with E-state index >= 15 is 0 Å². The molecule has 0 spiro atoms. The van der Waals surface area contributed by atoms with Crippen LogP contribution in [0.5, 0.6) is 0 Å². The highest BCUT2D eigenvalue weighted by Gasteiger charge is 1.95. The normalized spacial score (nSPS) is 9.50. The van der Waals surface area contributed by atoms with Gasteiger partial charge in [-0.2, -0.15) is 0 Å². The van der Waals surface area contributed by atoms with E-state index in [9.17, 15) is 0 Å². The quantitative estimate of drug-likeness (QED) is 0.848. The third kappa shape index (κ3) is 5.82. The van der Waals surface area contributed by atoms with E-state index in [1.807, 2.05) is 26.1 Å². The van der Waals surface area contributed by atoms with E-state index in [2.05, 4.69) is 36.8 Å². The molecule has 0 aliphatic rings. The van der Waals surface area contributed by atoms with Crippen molar-refractivity contribution < 1.29 is 0 Å². The van der Waals surface area contributed by atoms with Crippen molar-refractivity contribution in [2.75, 3.05) is 6.54 Å². The molecule has 0 aromatic carbocycles. The summed E-state index contributed by atoms with van der Waals surface area (Å²) in [5.74, 6) is 0.773. The van der Waals surface area contributed by atoms with Crippen LogP contribution < -0.4 is 5.73 Å². The number of aromatic amines is 1. The van der Waals surface area contributed by atoms with Crippen LogP contribution in [0.4, 0.5) is 0 Å². The summed E-state index contributed by atoms with van der Waals surface area (Å²) in [5, 5.41) is 1.21. The third-order valence-corrected chi connectivity index (χ3v) is 2.40. The summed E-state index contributed by atoms with van der Waals surface area (Å²) >= 11 is 0. The second-order valence-corrected chi connectivity index (χ2v) is 4.34. The summed E-state index contributed by atoms with van der Waals surface area (Å²) in [6.07, 6.45) is 4.91. The van der Waals surface area contributed by atoms with Gasteiger partial charge in [-0.3, -0.25) is 0 Å². The number of fused-ring (bicyclic) bond motifs is 1. The van der Waals surface area contributed by atoms with Gasteiger partial charge in [0.2, 0.25) is 0 Å². The number of nitrogens with one attached hydrogen (secondary N) is 1. The highest BCUT2D eigenvalue weighted by Crippen LogP contribution is 2.12. The van der Waals surface area contributed by atoms with E-state index in [-0.39, 0.29) is 0 Å². The first-order valence-corrected chi connectivity index (χ1v) is 6.74. The fourth-order valence-corrected chi connectivity index (χ4v) is 1.43. The number of hydrogen-bond acceptors (Lipinski definition) is 2. The lowest BCUT2D eigenvalue weighted by Gasteiger charge is -1.96. The molecule has 0 atom stereocenters. The van der Waals surface area contributed by atoms with Crippen LogP contribution in [0.2, 0.25) is 0 Å². The Morgan fingerprint density at radius 3 is 2.44 bits per heavy atom. The van der Waals surface area contributed by atoms with Gasteiger partial charge in [-0.25, -0.2) is 4.98 Å². The zero-order valence-corrected chi connectivity index (χ0v) is 12.3. The molecule has 0 aliphatic heterocycles. The van der Waals surface area contributed by atoms with Crippen LogP contribution >= 0.6 is 0 Å². The predicted molar refractivity (Wildman–Crippen MR) is 80.7 cm³/mol. The largest absolute Gasteiger partial charge is 0.346 e. The zero-order chi connectivity index (χ0) is 14.0. The van der Waals surface area contributed by atoms with Crippen molar-refractivity contribution in [1.29, 1.82) is 0 Å². The summed E-state index contributed by atoms with van der Waals surface area (Å²) in [7, 11) is 0. The number of aromatic nitrogens is 2. The average molecular weight is 249 g/mol. The Balaban J connectivity index is 0.000000315. The number of nitrogens with zero attached hydrogens (tertiary/aromatic N) is 1. The van der Waals surface area contributed by atoms with Gasteiger partial charge in [0.05, 0.1) is 0 Å². The lowest BCUT2D eigenvalue weighted by molar-refractivity contribution is 0.596. The molecule has 0 radical (unpaired) electrons. The summed E-state index contributed by atoms with van der Waals surface area (Å²) < 4.78 is 0. The maximum absolute atomic E-state index is 5.23. The number of pyridine rings is 1. The van der Waals surface area contributed by atoms with Crippen LogP contribution in [-0.2, 0) is 0 Å². The van der Waals surface area contributed by atoms with Crippen LogP contribution in [0.25, 0.3) is 11.0 Å². The van der Waals surface area contributed by atoms with Gasteiger partial charge in [0.1, 0.15) is 5.65 Å². The summed E-state index contributed by atoms with van der Waals surface area (Å²) in [5.41, 5.74) is 7.45. The Morgan fingerprint density at radius 2 is 2.00 bits per heavy atom. The van der Waals surface area contributed by atoms with Crippen LogP contribution in [0.1, 0.15) is 39.7 Å². The molecule has 102 valence electrons. The molecule has 2 rings (SSSR count). The van der Waals surface area contributed by atoms with E-state index in [0.29, 0.717) is 0 Å². The van der Waals surface area contributed by atoms with Crippen molar-refractivity contribution in [3.8, 4) is 0 Å². The average Bonchev–Trinajstić information content (AvgIpc) is 2.75. The minimum atomic E-state index is 0.773. The van der Waals surface area contributed by atoms with Crippen molar-refractivity contribution in [2.45, 2.75) is 41.0 Å². The lowest BCUT2D eigenvalue weighted by Crippen LogP contribution is -2.01. The summed E-state index contributed by atoms with van der Waals surface area (Å²) in [6, 6.07) is 4.01. The van der Waals surface area contributed by atoms with Crippen molar-refractivity contribution in [2.24, 2.45) is 11.7 Å². The second kappa shape index (κ2) is 9.66. The molecule has 2 heterocycles. The molecule has 0 unspecified atom stereocenters. The number of H-pyrrole nitrogens is 1. The number of rotatable bonds is 2. The van der Waals surface area contributed by atoms with Gasteiger partial charge in [-0.05, 0) is 43.5 Å². The molecule has 3 nitrogen and oxygen atoms in total. The van der Waals surface area contributed by atoms with Gasteiger partial charge in [-0.15, -0.1) is 0 Å². The molecule has 0 saturated heterocycles. The SMILES string of the molecule is CC.CC(C)CCN.Cc1c[nH]c2ncccc12. The van der Waals surface area contributed by atoms with Gasteiger partial charge in [0.25, 0.3) is 0 Å². The first-order chi connectivity index (χ1) is 8.65. The van der Waals surface area contributed by atoms with E-state index in [1.165, 1.54) is 10.9 Å². The lowest BCUT2D eigenvalue weighted by atomic mass is 10.1. The first-order valence-electron chi connectivity index (χ1n) is 6.74. The van der Waals surface area contributed by atoms with E-state index in [4.69, 9.17) is 5.73 Å². The molecule has 3 N–H and O–H groups in total. The topological polar surface area (TPSA) is 54.7 Å². The summed E-state index contributed by atoms with van der Waals surface area (Å²) in [4.78, 5) is 7.22. The van der Waals surface area contributed by atoms with Gasteiger partial charge in [0, 0.05) is 17.8 Å². The highest BCUT2D eigenvalue weighted by molar-refractivity contribution is 5.78. The van der Waals surface area contributed by atoms with Gasteiger partial charge in [-0.1, -0.05) is 27.7 Å². The number of aryl methyl sites for hydroxylation is 1. The molecule has 0 saturated carbocycles. The molecule has 2 aromatic rings. The number of hydrogen-bond donors (Lipinski definition) is 2. The van der Waals surface area contributed by atoms with Gasteiger partial charge < -0.3 is 10.7 Å². The van der Waals surface area contributed by atoms with E-state index in [1.54, 1.807) is 6.20 Å². The van der Waals surface area contributed by atoms with Gasteiger partial charge >= 0.3 is 0 Å². The Bertz CT molecular complexity index is 418. The van der Waals surface area contributed by atoms with Gasteiger partial charge in [0.15, 0.2) is 0 Å². The van der Waals surface area contributed by atoms with E-state index in [0.717, 1.165) is 24.5 Å². The minimum Gasteiger partial charge on any atom is -0.346 e. The standard InChI is InChI=1S/C8H8N2.C5H13N.C2H6/c1-6-5-10-8-7(6)3-2-4-9-8;1-5(2)3-4-6;1-2/h2-5H,1H3,(H,9,10);5H,3-4,6H2,1-2H3;1-2H3. The Morgan fingerprint density at radius 1 is 1.33 bits per heavy atom. The molecule has 18 heavy (non-hydrogen) atoms. The predicted octanol–water partition coefficient (Wildman–Crippen LogP) is 3.89. The zero-order valence-electron chi connectivity index (χ0n) is 12.3. The molecule has 0 bridgehead atoms. The Labute approximate surface area is 111 Å². The van der Waals surface area contributed by atoms with Crippen LogP contribution in [-0.4, -0.2) is 16.5 Å². The molecular weight excluding hydrogens is 222 g/mol. The fraction of sp³-hybridized carbons (Fsp3) is 0.533. The van der Waals surface area contributed by atoms with Crippen LogP contribution in [0.3, 0.4) is 0 Å². The third-order valence-electron chi connectivity index (χ3n) is 2.40. The maximum atomic E-state index is 5.23. The number of nitrogens with two attached hydrogens (primary N) is 1. The van der Waals surface area contributed by atoms with Crippen LogP contribution in [0.15, 0.2) is 24.5 Å². The molecule has 0 fully saturated rings. The highest BCUT2D eigenvalue weighted by atomic mass is 14.8. The van der Waals surface area contributed by atoms with Crippen molar-refractivity contribution >= 4 is 11.0 Å². The monoisotopic (exact) mass is 249 g/mol. The van der Waals surface area contributed by atoms with Crippen molar-refractivity contribution in [3.63, 3.8) is 0 Å². The Kier molecular flexibility index (Phi) is 8.93. The van der Waals surface area contributed by atoms with Crippen LogP contribution in [0, 0.1) is 12.8 Å². The molecule has 0 aliphatic carbocycles. The molecule has 3 heteroatoms. The van der Waals surface area contributed by atoms with Crippen molar-refractivity contribution in [1.82, 2.24) is 9.97 Å². The minimum absolute atomic E-state index is 0.773. The molecular formula is C15H27N3. The first kappa shape index (κ1) is 16.6. The molecule has 2 aromatic heterocycles. The smallest absolute Gasteiger partial charge is 0.137 e. The maximum Gasteiger partial charge on any atom is 0.137 e. The second-order valence-electron chi connectivity index (χ2n) is 4.34. The van der Waals surface area contributed by atoms with Crippen molar-refractivity contribution in [3.05, 3.63) is 30.1 Å². The molecule has 0 amide bonds. The van der Waals surface area contributed by atoms with E-state index < -0.39 is 0 Å². The summed E-state index contributed by atoms with van der Waals surface area (Å²) in [6.45, 7) is 11.2.